The number of para-hydroxylation sites is 1. The van der Waals surface area contributed by atoms with Gasteiger partial charge in [-0.25, -0.2) is 0 Å². The molecule has 2 aromatic rings. The second kappa shape index (κ2) is 14.3. The Bertz CT molecular complexity index is 908. The summed E-state index contributed by atoms with van der Waals surface area (Å²) in [6, 6.07) is 13.7. The van der Waals surface area contributed by atoms with Crippen LogP contribution in [0.2, 0.25) is 5.02 Å². The van der Waals surface area contributed by atoms with Crippen molar-refractivity contribution in [3.05, 3.63) is 64.7 Å². The Morgan fingerprint density at radius 1 is 1.07 bits per heavy atom. The first-order valence-electron chi connectivity index (χ1n) is 7.74. The summed E-state index contributed by atoms with van der Waals surface area (Å²) in [7, 11) is 0. The molecule has 0 unspecified atom stereocenters. The van der Waals surface area contributed by atoms with Crippen molar-refractivity contribution >= 4 is 35.1 Å². The fourth-order valence-corrected chi connectivity index (χ4v) is 2.89. The fourth-order valence-electron chi connectivity index (χ4n) is 2.61. The Morgan fingerprint density at radius 3 is 2.17 bits per heavy atom. The normalized spacial score (nSPS) is 12.7. The van der Waals surface area contributed by atoms with Crippen LogP contribution >= 0.6 is 11.6 Å². The summed E-state index contributed by atoms with van der Waals surface area (Å²) in [5.41, 5.74) is 1.61. The van der Waals surface area contributed by atoms with E-state index in [1.54, 1.807) is 36.4 Å². The van der Waals surface area contributed by atoms with E-state index in [2.05, 4.69) is 4.99 Å². The molecule has 0 bridgehead atoms. The SMILES string of the molecule is O=C([O-])[O-].O=C1CN=C(c2ccccc2)c2cccc(Cl)c2N1CC(F)(F)F.[Cs+].[Cs+]. The number of nitrogens with zero attached hydrogens (tertiary/aromatic N) is 2. The summed E-state index contributed by atoms with van der Waals surface area (Å²) < 4.78 is 38.8. The van der Waals surface area contributed by atoms with Crippen molar-refractivity contribution in [2.24, 2.45) is 4.99 Å². The molecule has 0 fully saturated rings. The van der Waals surface area contributed by atoms with E-state index in [1.807, 2.05) is 6.07 Å². The van der Waals surface area contributed by atoms with E-state index in [4.69, 9.17) is 26.6 Å². The average molecular weight is 679 g/mol. The van der Waals surface area contributed by atoms with Crippen LogP contribution in [0.4, 0.5) is 23.7 Å². The third-order valence-corrected chi connectivity index (χ3v) is 3.87. The standard InChI is InChI=1S/C17H12ClF3N2O.CH2O3.2Cs/c18-13-8-4-7-12-15(11-5-2-1-3-6-11)22-9-14(24)23(16(12)13)10-17(19,20)21;2-1(3)4;;/h1-8H,9-10H2;(H2,2,3,4);;/q;;2*+1/p-2. The minimum atomic E-state index is -4.54. The van der Waals surface area contributed by atoms with E-state index in [0.717, 1.165) is 0 Å². The molecular formula is C18H12ClCs2F3N2O4. The summed E-state index contributed by atoms with van der Waals surface area (Å²) in [4.78, 5) is 25.5. The van der Waals surface area contributed by atoms with Crippen LogP contribution in [-0.4, -0.2) is 37.0 Å². The third-order valence-electron chi connectivity index (χ3n) is 3.57. The molecule has 0 aromatic heterocycles. The molecule has 0 radical (unpaired) electrons. The number of halogens is 4. The molecule has 12 heteroatoms. The van der Waals surface area contributed by atoms with Crippen molar-refractivity contribution in [3.63, 3.8) is 0 Å². The van der Waals surface area contributed by atoms with Gasteiger partial charge in [-0.3, -0.25) is 14.7 Å². The van der Waals surface area contributed by atoms with Crippen LogP contribution in [0.15, 0.2) is 53.5 Å². The van der Waals surface area contributed by atoms with Gasteiger partial charge in [0.15, 0.2) is 0 Å². The van der Waals surface area contributed by atoms with E-state index >= 15 is 0 Å². The molecule has 0 atom stereocenters. The number of carboxylic acid groups (broad SMARTS) is 2. The van der Waals surface area contributed by atoms with Gasteiger partial charge in [0.05, 0.1) is 16.4 Å². The van der Waals surface area contributed by atoms with E-state index in [9.17, 15) is 18.0 Å². The van der Waals surface area contributed by atoms with Crippen LogP contribution in [0.1, 0.15) is 11.1 Å². The Balaban J connectivity index is 0.00000129. The largest absolute Gasteiger partial charge is 1.00 e. The van der Waals surface area contributed by atoms with Gasteiger partial charge in [0.1, 0.15) is 13.1 Å². The van der Waals surface area contributed by atoms with Gasteiger partial charge in [-0.05, 0) is 12.2 Å². The molecule has 0 spiro atoms. The smallest absolute Gasteiger partial charge is 0.652 e. The molecule has 6 nitrogen and oxygen atoms in total. The maximum atomic E-state index is 12.9. The number of hydrogen-bond acceptors (Lipinski definition) is 5. The van der Waals surface area contributed by atoms with Gasteiger partial charge in [0.25, 0.3) is 0 Å². The maximum absolute atomic E-state index is 12.9. The number of hydrogen-bond donors (Lipinski definition) is 0. The number of aliphatic imine (C=N–C) groups is 1. The van der Waals surface area contributed by atoms with Crippen molar-refractivity contribution in [1.82, 2.24) is 0 Å². The summed E-state index contributed by atoms with van der Waals surface area (Å²) in [6.07, 6.45) is -6.87. The number of benzene rings is 2. The van der Waals surface area contributed by atoms with Crippen LogP contribution in [0.3, 0.4) is 0 Å². The second-order valence-corrected chi connectivity index (χ2v) is 5.92. The molecular weight excluding hydrogens is 666 g/mol. The zero-order chi connectivity index (χ0) is 20.9. The topological polar surface area (TPSA) is 95.9 Å². The quantitative estimate of drug-likeness (QED) is 0.321. The van der Waals surface area contributed by atoms with Crippen molar-refractivity contribution in [2.75, 3.05) is 18.0 Å². The molecule has 0 N–H and O–H groups in total. The van der Waals surface area contributed by atoms with Crippen LogP contribution in [-0.2, 0) is 4.79 Å². The molecule has 1 heterocycles. The average Bonchev–Trinajstić information content (AvgIpc) is 2.72. The molecule has 3 rings (SSSR count). The molecule has 30 heavy (non-hydrogen) atoms. The number of carbonyl (C=O) groups excluding carboxylic acids is 2. The predicted molar refractivity (Wildman–Crippen MR) is 92.2 cm³/mol. The number of carbonyl (C=O) groups is 2. The molecule has 0 saturated carbocycles. The Labute approximate surface area is 293 Å². The number of rotatable bonds is 2. The number of amides is 1. The van der Waals surface area contributed by atoms with Gasteiger partial charge in [-0.1, -0.05) is 54.1 Å². The third kappa shape index (κ3) is 9.49. The molecule has 0 aliphatic carbocycles. The fraction of sp³-hybridized carbons (Fsp3) is 0.167. The number of fused-ring (bicyclic) bond motifs is 1. The maximum Gasteiger partial charge on any atom is 1.00 e. The molecule has 148 valence electrons. The number of anilines is 1. The molecule has 1 aliphatic rings. The molecule has 1 amide bonds. The van der Waals surface area contributed by atoms with Crippen molar-refractivity contribution < 1.29 is 171 Å². The van der Waals surface area contributed by atoms with E-state index in [0.29, 0.717) is 21.7 Å². The van der Waals surface area contributed by atoms with Crippen LogP contribution in [0.25, 0.3) is 0 Å². The van der Waals surface area contributed by atoms with Crippen LogP contribution in [0, 0.1) is 0 Å². The van der Waals surface area contributed by atoms with Crippen molar-refractivity contribution in [1.29, 1.82) is 0 Å². The summed E-state index contributed by atoms with van der Waals surface area (Å²) in [5, 5.41) is 16.7. The van der Waals surface area contributed by atoms with E-state index < -0.39 is 24.8 Å². The molecule has 2 aromatic carbocycles. The Kier molecular flexibility index (Phi) is 14.8. The zero-order valence-electron chi connectivity index (χ0n) is 16.1. The minimum Gasteiger partial charge on any atom is -0.652 e. The first-order chi connectivity index (χ1) is 13.1. The van der Waals surface area contributed by atoms with Gasteiger partial charge in [-0.2, -0.15) is 13.2 Å². The van der Waals surface area contributed by atoms with Crippen molar-refractivity contribution in [2.45, 2.75) is 6.18 Å². The van der Waals surface area contributed by atoms with Crippen LogP contribution in [0.5, 0.6) is 0 Å². The Morgan fingerprint density at radius 2 is 1.63 bits per heavy atom. The Hall–Kier alpha value is 1.03. The molecule has 1 aliphatic heterocycles. The summed E-state index contributed by atoms with van der Waals surface area (Å²) in [5.74, 6) is -0.743. The number of alkyl halides is 3. The predicted octanol–water partition coefficient (Wildman–Crippen LogP) is -4.35. The van der Waals surface area contributed by atoms with Gasteiger partial charge in [-0.15, -0.1) is 0 Å². The monoisotopic (exact) mass is 678 g/mol. The second-order valence-electron chi connectivity index (χ2n) is 5.51. The van der Waals surface area contributed by atoms with E-state index in [-0.39, 0.29) is 155 Å². The first kappa shape index (κ1) is 31.0. The molecule has 0 saturated heterocycles. The minimum absolute atomic E-state index is 0. The summed E-state index contributed by atoms with van der Waals surface area (Å²) in [6.45, 7) is -1.77. The van der Waals surface area contributed by atoms with Crippen LogP contribution < -0.4 is 153 Å². The van der Waals surface area contributed by atoms with Gasteiger partial charge >= 0.3 is 144 Å². The van der Waals surface area contributed by atoms with E-state index in [1.165, 1.54) is 6.07 Å². The van der Waals surface area contributed by atoms with Gasteiger partial charge in [0, 0.05) is 11.1 Å². The number of benzodiazepines with no additional fused rings is 1. The van der Waals surface area contributed by atoms with Gasteiger partial charge in [0.2, 0.25) is 5.91 Å². The van der Waals surface area contributed by atoms with Gasteiger partial charge < -0.3 is 15.0 Å². The summed E-state index contributed by atoms with van der Waals surface area (Å²) >= 11 is 6.14. The first-order valence-corrected chi connectivity index (χ1v) is 8.12. The zero-order valence-corrected chi connectivity index (χ0v) is 29.4. The van der Waals surface area contributed by atoms with Crippen molar-refractivity contribution in [3.8, 4) is 0 Å².